The summed E-state index contributed by atoms with van der Waals surface area (Å²) < 4.78 is 0. The molecule has 1 aliphatic rings. The Kier molecular flexibility index (Phi) is 3.95. The van der Waals surface area contributed by atoms with Gasteiger partial charge in [0.15, 0.2) is 0 Å². The maximum absolute atomic E-state index is 11.7. The van der Waals surface area contributed by atoms with Crippen molar-refractivity contribution in [3.05, 3.63) is 17.7 Å². The van der Waals surface area contributed by atoms with Crippen molar-refractivity contribution in [2.24, 2.45) is 0 Å². The Bertz CT molecular complexity index is 377. The van der Waals surface area contributed by atoms with Crippen LogP contribution in [0.15, 0.2) is 17.7 Å². The normalized spacial score (nSPS) is 21.2. The first-order chi connectivity index (χ1) is 7.83. The molecule has 1 amide bonds. The molecule has 1 aromatic rings. The molecule has 0 aromatic carbocycles. The standard InChI is InChI=1S/C10H13N3OS2/c1-2-3-4-5-9-13(8(14)6-15-9)10-12-11-7-16-10/h4-5,7,9H,2-3,6H2,1H3. The topological polar surface area (TPSA) is 46.1 Å². The molecular weight excluding hydrogens is 242 g/mol. The smallest absolute Gasteiger partial charge is 0.240 e. The molecule has 0 spiro atoms. The van der Waals surface area contributed by atoms with Crippen molar-refractivity contribution in [3.63, 3.8) is 0 Å². The quantitative estimate of drug-likeness (QED) is 0.774. The van der Waals surface area contributed by atoms with Gasteiger partial charge in [0, 0.05) is 0 Å². The third-order valence-corrected chi connectivity index (χ3v) is 4.02. The molecule has 1 fully saturated rings. The zero-order valence-electron chi connectivity index (χ0n) is 9.00. The highest BCUT2D eigenvalue weighted by Gasteiger charge is 2.32. The Balaban J connectivity index is 2.10. The average molecular weight is 255 g/mol. The van der Waals surface area contributed by atoms with Gasteiger partial charge in [0.25, 0.3) is 0 Å². The predicted molar refractivity (Wildman–Crippen MR) is 67.7 cm³/mol. The van der Waals surface area contributed by atoms with Gasteiger partial charge in [0.1, 0.15) is 10.9 Å². The fourth-order valence-corrected chi connectivity index (χ4v) is 3.17. The van der Waals surface area contributed by atoms with E-state index in [0.29, 0.717) is 10.9 Å². The lowest BCUT2D eigenvalue weighted by Gasteiger charge is -2.17. The van der Waals surface area contributed by atoms with E-state index in [1.54, 1.807) is 22.2 Å². The van der Waals surface area contributed by atoms with E-state index >= 15 is 0 Å². The molecule has 0 radical (unpaired) electrons. The van der Waals surface area contributed by atoms with Crippen LogP contribution < -0.4 is 4.90 Å². The van der Waals surface area contributed by atoms with Crippen LogP contribution in [0.2, 0.25) is 0 Å². The van der Waals surface area contributed by atoms with Gasteiger partial charge in [-0.25, -0.2) is 0 Å². The number of rotatable bonds is 4. The third-order valence-electron chi connectivity index (χ3n) is 2.21. The minimum Gasteiger partial charge on any atom is -0.273 e. The largest absolute Gasteiger partial charge is 0.273 e. The Hall–Kier alpha value is -0.880. The molecule has 1 saturated heterocycles. The van der Waals surface area contributed by atoms with E-state index in [1.807, 2.05) is 0 Å². The van der Waals surface area contributed by atoms with Gasteiger partial charge in [-0.3, -0.25) is 9.69 Å². The Labute approximate surface area is 103 Å². The van der Waals surface area contributed by atoms with Crippen LogP contribution in [-0.2, 0) is 4.79 Å². The van der Waals surface area contributed by atoms with E-state index in [9.17, 15) is 4.79 Å². The zero-order chi connectivity index (χ0) is 11.4. The number of unbranched alkanes of at least 4 members (excludes halogenated alkanes) is 1. The second kappa shape index (κ2) is 5.45. The van der Waals surface area contributed by atoms with Crippen molar-refractivity contribution in [2.75, 3.05) is 10.7 Å². The molecule has 2 heterocycles. The van der Waals surface area contributed by atoms with Gasteiger partial charge in [-0.1, -0.05) is 36.8 Å². The number of allylic oxidation sites excluding steroid dienone is 1. The third kappa shape index (κ3) is 2.44. The SMILES string of the molecule is CCCC=CC1SCC(=O)N1c1nncs1. The van der Waals surface area contributed by atoms with Gasteiger partial charge in [0.2, 0.25) is 11.0 Å². The highest BCUT2D eigenvalue weighted by atomic mass is 32.2. The van der Waals surface area contributed by atoms with E-state index in [2.05, 4.69) is 29.3 Å². The molecule has 0 bridgehead atoms. The van der Waals surface area contributed by atoms with Crippen molar-refractivity contribution in [2.45, 2.75) is 25.1 Å². The molecule has 1 atom stereocenters. The van der Waals surface area contributed by atoms with Gasteiger partial charge in [-0.05, 0) is 6.42 Å². The minimum absolute atomic E-state index is 0.0898. The maximum atomic E-state index is 11.7. The number of anilines is 1. The first-order valence-electron chi connectivity index (χ1n) is 5.19. The second-order valence-electron chi connectivity index (χ2n) is 3.40. The molecule has 6 heteroatoms. The molecule has 0 saturated carbocycles. The number of carbonyl (C=O) groups excluding carboxylic acids is 1. The van der Waals surface area contributed by atoms with Crippen molar-refractivity contribution in [3.8, 4) is 0 Å². The van der Waals surface area contributed by atoms with Crippen LogP contribution in [0.3, 0.4) is 0 Å². The molecule has 1 unspecified atom stereocenters. The number of aromatic nitrogens is 2. The van der Waals surface area contributed by atoms with E-state index in [1.165, 1.54) is 11.3 Å². The molecule has 4 nitrogen and oxygen atoms in total. The van der Waals surface area contributed by atoms with Crippen LogP contribution in [0.5, 0.6) is 0 Å². The van der Waals surface area contributed by atoms with Crippen LogP contribution >= 0.6 is 23.1 Å². The van der Waals surface area contributed by atoms with Crippen molar-refractivity contribution < 1.29 is 4.79 Å². The monoisotopic (exact) mass is 255 g/mol. The van der Waals surface area contributed by atoms with Crippen molar-refractivity contribution in [1.82, 2.24) is 10.2 Å². The summed E-state index contributed by atoms with van der Waals surface area (Å²) in [5, 5.41) is 8.51. The number of amides is 1. The first kappa shape index (κ1) is 11.6. The van der Waals surface area contributed by atoms with Crippen LogP contribution in [-0.4, -0.2) is 27.2 Å². The molecule has 1 aromatic heterocycles. The predicted octanol–water partition coefficient (Wildman–Crippen LogP) is 2.30. The van der Waals surface area contributed by atoms with E-state index in [4.69, 9.17) is 0 Å². The fraction of sp³-hybridized carbons (Fsp3) is 0.500. The lowest BCUT2D eigenvalue weighted by atomic mass is 10.3. The Morgan fingerprint density at radius 2 is 2.56 bits per heavy atom. The molecule has 0 aliphatic carbocycles. The van der Waals surface area contributed by atoms with Gasteiger partial charge in [-0.15, -0.1) is 22.0 Å². The highest BCUT2D eigenvalue weighted by molar-refractivity contribution is 8.01. The molecule has 16 heavy (non-hydrogen) atoms. The summed E-state index contributed by atoms with van der Waals surface area (Å²) in [4.78, 5) is 13.5. The van der Waals surface area contributed by atoms with Gasteiger partial charge < -0.3 is 0 Å². The summed E-state index contributed by atoms with van der Waals surface area (Å²) >= 11 is 3.04. The Morgan fingerprint density at radius 3 is 3.25 bits per heavy atom. The van der Waals surface area contributed by atoms with E-state index in [0.717, 1.165) is 12.8 Å². The lowest BCUT2D eigenvalue weighted by Crippen LogP contribution is -2.31. The lowest BCUT2D eigenvalue weighted by molar-refractivity contribution is -0.115. The molecule has 2 rings (SSSR count). The molecular formula is C10H13N3OS2. The average Bonchev–Trinajstić information content (AvgIpc) is 2.88. The fourth-order valence-electron chi connectivity index (χ4n) is 1.45. The number of thioether (sulfide) groups is 1. The second-order valence-corrected chi connectivity index (χ2v) is 5.32. The first-order valence-corrected chi connectivity index (χ1v) is 7.12. The number of carbonyl (C=O) groups is 1. The maximum Gasteiger partial charge on any atom is 0.240 e. The van der Waals surface area contributed by atoms with Crippen LogP contribution in [0, 0.1) is 0 Å². The van der Waals surface area contributed by atoms with Crippen molar-refractivity contribution >= 4 is 34.1 Å². The molecule has 1 aliphatic heterocycles. The van der Waals surface area contributed by atoms with Crippen molar-refractivity contribution in [1.29, 1.82) is 0 Å². The van der Waals surface area contributed by atoms with Gasteiger partial charge in [0.05, 0.1) is 5.75 Å². The summed E-state index contributed by atoms with van der Waals surface area (Å²) in [5.41, 5.74) is 1.65. The summed E-state index contributed by atoms with van der Waals surface area (Å²) in [6, 6.07) is 0. The van der Waals surface area contributed by atoms with E-state index < -0.39 is 0 Å². The minimum atomic E-state index is 0.0898. The van der Waals surface area contributed by atoms with Crippen LogP contribution in [0.4, 0.5) is 5.13 Å². The van der Waals surface area contributed by atoms with Crippen LogP contribution in [0.1, 0.15) is 19.8 Å². The summed E-state index contributed by atoms with van der Waals surface area (Å²) in [5.74, 6) is 0.647. The highest BCUT2D eigenvalue weighted by Crippen LogP contribution is 2.32. The summed E-state index contributed by atoms with van der Waals surface area (Å²) in [7, 11) is 0. The van der Waals surface area contributed by atoms with E-state index in [-0.39, 0.29) is 11.3 Å². The molecule has 86 valence electrons. The van der Waals surface area contributed by atoms with Gasteiger partial charge >= 0.3 is 0 Å². The Morgan fingerprint density at radius 1 is 1.69 bits per heavy atom. The molecule has 0 N–H and O–H groups in total. The van der Waals surface area contributed by atoms with Gasteiger partial charge in [-0.2, -0.15) is 0 Å². The zero-order valence-corrected chi connectivity index (χ0v) is 10.6. The number of hydrogen-bond acceptors (Lipinski definition) is 5. The number of nitrogens with zero attached hydrogens (tertiary/aromatic N) is 3. The van der Waals surface area contributed by atoms with Crippen LogP contribution in [0.25, 0.3) is 0 Å². The number of hydrogen-bond donors (Lipinski definition) is 0. The summed E-state index contributed by atoms with van der Waals surface area (Å²) in [6.45, 7) is 2.14. The summed E-state index contributed by atoms with van der Waals surface area (Å²) in [6.07, 6.45) is 6.39.